The predicted molar refractivity (Wildman–Crippen MR) is 69.7 cm³/mol. The summed E-state index contributed by atoms with van der Waals surface area (Å²) in [6, 6.07) is 1.72. The molecule has 1 saturated heterocycles. The molecule has 0 spiro atoms. The standard InChI is InChI=1S/C12H16N6O3/c19-11(6-21-5-10-13-8-15-17-10)18-4-2-12(20,7-18)9-1-3-14-16-9/h1,3,8,20H,2,4-7H2,(H,14,16)(H,13,15,17). The van der Waals surface area contributed by atoms with Gasteiger partial charge in [-0.1, -0.05) is 0 Å². The first-order valence-electron chi connectivity index (χ1n) is 6.59. The summed E-state index contributed by atoms with van der Waals surface area (Å²) < 4.78 is 5.28. The molecule has 1 amide bonds. The van der Waals surface area contributed by atoms with E-state index in [4.69, 9.17) is 4.74 Å². The Kier molecular flexibility index (Phi) is 3.67. The van der Waals surface area contributed by atoms with Gasteiger partial charge >= 0.3 is 0 Å². The lowest BCUT2D eigenvalue weighted by molar-refractivity contribution is -0.136. The van der Waals surface area contributed by atoms with E-state index in [9.17, 15) is 9.90 Å². The van der Waals surface area contributed by atoms with Crippen LogP contribution < -0.4 is 0 Å². The highest BCUT2D eigenvalue weighted by Gasteiger charge is 2.40. The summed E-state index contributed by atoms with van der Waals surface area (Å²) in [7, 11) is 0. The number of aromatic amines is 2. The van der Waals surface area contributed by atoms with Crippen LogP contribution in [0.25, 0.3) is 0 Å². The Balaban J connectivity index is 1.50. The number of H-pyrrole nitrogens is 2. The largest absolute Gasteiger partial charge is 0.382 e. The topological polar surface area (TPSA) is 120 Å². The van der Waals surface area contributed by atoms with Gasteiger partial charge in [0.1, 0.15) is 31.0 Å². The van der Waals surface area contributed by atoms with E-state index in [0.717, 1.165) is 0 Å². The molecule has 0 aliphatic carbocycles. The van der Waals surface area contributed by atoms with Crippen LogP contribution in [0.4, 0.5) is 0 Å². The van der Waals surface area contributed by atoms with Crippen molar-refractivity contribution >= 4 is 5.91 Å². The van der Waals surface area contributed by atoms with Crippen LogP contribution in [0.15, 0.2) is 18.6 Å². The van der Waals surface area contributed by atoms with Gasteiger partial charge in [-0.3, -0.25) is 15.0 Å². The second-order valence-electron chi connectivity index (χ2n) is 4.99. The second kappa shape index (κ2) is 5.62. The number of nitrogens with one attached hydrogen (secondary N) is 2. The molecule has 1 atom stereocenters. The fourth-order valence-corrected chi connectivity index (χ4v) is 2.37. The number of ether oxygens (including phenoxy) is 1. The van der Waals surface area contributed by atoms with E-state index in [1.54, 1.807) is 17.2 Å². The van der Waals surface area contributed by atoms with Gasteiger partial charge in [0.15, 0.2) is 0 Å². The van der Waals surface area contributed by atoms with Gasteiger partial charge in [0, 0.05) is 19.2 Å². The smallest absolute Gasteiger partial charge is 0.248 e. The van der Waals surface area contributed by atoms with E-state index in [0.29, 0.717) is 24.5 Å². The van der Waals surface area contributed by atoms with Crippen molar-refractivity contribution < 1.29 is 14.6 Å². The predicted octanol–water partition coefficient (Wildman–Crippen LogP) is -0.835. The Morgan fingerprint density at radius 1 is 1.48 bits per heavy atom. The van der Waals surface area contributed by atoms with E-state index < -0.39 is 5.60 Å². The molecule has 3 rings (SSSR count). The van der Waals surface area contributed by atoms with Crippen molar-refractivity contribution in [2.24, 2.45) is 0 Å². The molecular weight excluding hydrogens is 276 g/mol. The number of aliphatic hydroxyl groups is 1. The SMILES string of the molecule is O=C(COCc1ncn[nH]1)N1CCC(O)(c2ccn[nH]2)C1. The molecule has 0 aromatic carbocycles. The fraction of sp³-hybridized carbons (Fsp3) is 0.500. The highest BCUT2D eigenvalue weighted by Crippen LogP contribution is 2.30. The minimum atomic E-state index is -1.06. The van der Waals surface area contributed by atoms with Crippen molar-refractivity contribution in [1.82, 2.24) is 30.3 Å². The van der Waals surface area contributed by atoms with Crippen LogP contribution in [0.5, 0.6) is 0 Å². The zero-order valence-corrected chi connectivity index (χ0v) is 11.3. The highest BCUT2D eigenvalue weighted by atomic mass is 16.5. The van der Waals surface area contributed by atoms with Crippen LogP contribution in [0.2, 0.25) is 0 Å². The Hall–Kier alpha value is -2.26. The lowest BCUT2D eigenvalue weighted by atomic mass is 9.99. The maximum absolute atomic E-state index is 12.0. The molecule has 0 saturated carbocycles. The lowest BCUT2D eigenvalue weighted by Crippen LogP contribution is -2.36. The molecule has 2 aromatic rings. The minimum Gasteiger partial charge on any atom is -0.382 e. The van der Waals surface area contributed by atoms with Crippen LogP contribution in [0.3, 0.4) is 0 Å². The summed E-state index contributed by atoms with van der Waals surface area (Å²) >= 11 is 0. The third-order valence-electron chi connectivity index (χ3n) is 3.53. The number of carbonyl (C=O) groups excluding carboxylic acids is 1. The van der Waals surface area contributed by atoms with E-state index in [1.165, 1.54) is 6.33 Å². The first-order valence-corrected chi connectivity index (χ1v) is 6.59. The molecule has 112 valence electrons. The van der Waals surface area contributed by atoms with Gasteiger partial charge in [0.2, 0.25) is 5.91 Å². The van der Waals surface area contributed by atoms with Gasteiger partial charge in [0.05, 0.1) is 12.2 Å². The average molecular weight is 292 g/mol. The molecular formula is C12H16N6O3. The second-order valence-corrected chi connectivity index (χ2v) is 4.99. The monoisotopic (exact) mass is 292 g/mol. The quantitative estimate of drug-likeness (QED) is 0.661. The molecule has 0 bridgehead atoms. The maximum Gasteiger partial charge on any atom is 0.248 e. The van der Waals surface area contributed by atoms with E-state index in [2.05, 4.69) is 25.4 Å². The maximum atomic E-state index is 12.0. The van der Waals surface area contributed by atoms with Gasteiger partial charge in [-0.2, -0.15) is 10.2 Å². The molecule has 1 unspecified atom stereocenters. The van der Waals surface area contributed by atoms with Gasteiger partial charge in [-0.05, 0) is 6.07 Å². The third kappa shape index (κ3) is 2.93. The van der Waals surface area contributed by atoms with E-state index in [1.807, 2.05) is 0 Å². The van der Waals surface area contributed by atoms with Gasteiger partial charge in [-0.15, -0.1) is 0 Å². The van der Waals surface area contributed by atoms with Crippen molar-refractivity contribution in [1.29, 1.82) is 0 Å². The van der Waals surface area contributed by atoms with Crippen LogP contribution in [0.1, 0.15) is 17.9 Å². The Morgan fingerprint density at radius 3 is 3.10 bits per heavy atom. The van der Waals surface area contributed by atoms with E-state index in [-0.39, 0.29) is 25.7 Å². The molecule has 1 aliphatic rings. The number of aromatic nitrogens is 5. The first kappa shape index (κ1) is 13.7. The number of carbonyl (C=O) groups is 1. The van der Waals surface area contributed by atoms with Gasteiger partial charge < -0.3 is 14.7 Å². The first-order chi connectivity index (χ1) is 10.2. The summed E-state index contributed by atoms with van der Waals surface area (Å²) in [6.45, 7) is 0.865. The molecule has 21 heavy (non-hydrogen) atoms. The van der Waals surface area contributed by atoms with Gasteiger partial charge in [-0.25, -0.2) is 4.98 Å². The van der Waals surface area contributed by atoms with Crippen molar-refractivity contribution in [3.8, 4) is 0 Å². The van der Waals surface area contributed by atoms with Crippen molar-refractivity contribution in [2.75, 3.05) is 19.7 Å². The number of hydrogen-bond donors (Lipinski definition) is 3. The molecule has 9 nitrogen and oxygen atoms in total. The number of nitrogens with zero attached hydrogens (tertiary/aromatic N) is 4. The number of hydrogen-bond acceptors (Lipinski definition) is 6. The Bertz CT molecular complexity index is 584. The molecule has 2 aromatic heterocycles. The number of likely N-dealkylation sites (tertiary alicyclic amines) is 1. The van der Waals surface area contributed by atoms with Crippen LogP contribution in [0, 0.1) is 0 Å². The molecule has 0 radical (unpaired) electrons. The number of amides is 1. The average Bonchev–Trinajstić information content (AvgIpc) is 3.20. The summed E-state index contributed by atoms with van der Waals surface area (Å²) in [5.41, 5.74) is -0.433. The molecule has 3 heterocycles. The van der Waals surface area contributed by atoms with Gasteiger partial charge in [0.25, 0.3) is 0 Å². The summed E-state index contributed by atoms with van der Waals surface area (Å²) in [4.78, 5) is 17.5. The fourth-order valence-electron chi connectivity index (χ4n) is 2.37. The summed E-state index contributed by atoms with van der Waals surface area (Å²) in [6.07, 6.45) is 3.44. The Labute approximate surface area is 120 Å². The van der Waals surface area contributed by atoms with Crippen LogP contribution >= 0.6 is 0 Å². The van der Waals surface area contributed by atoms with Crippen molar-refractivity contribution in [3.05, 3.63) is 30.1 Å². The summed E-state index contributed by atoms with van der Waals surface area (Å²) in [5.74, 6) is 0.406. The van der Waals surface area contributed by atoms with Crippen LogP contribution in [-0.2, 0) is 21.7 Å². The molecule has 1 fully saturated rings. The third-order valence-corrected chi connectivity index (χ3v) is 3.53. The summed E-state index contributed by atoms with van der Waals surface area (Å²) in [5, 5.41) is 23.4. The zero-order chi connectivity index (χ0) is 14.7. The van der Waals surface area contributed by atoms with Crippen LogP contribution in [-0.4, -0.2) is 61.0 Å². The Morgan fingerprint density at radius 2 is 2.38 bits per heavy atom. The van der Waals surface area contributed by atoms with Crippen molar-refractivity contribution in [3.63, 3.8) is 0 Å². The lowest BCUT2D eigenvalue weighted by Gasteiger charge is -2.21. The normalized spacial score (nSPS) is 21.9. The van der Waals surface area contributed by atoms with Crippen molar-refractivity contribution in [2.45, 2.75) is 18.6 Å². The minimum absolute atomic E-state index is 0.0558. The molecule has 9 heteroatoms. The molecule has 3 N–H and O–H groups in total. The molecule has 1 aliphatic heterocycles. The number of β-amino-alcohol motifs (C(OH)–C–C–N with tert-alkyl or cyclic N) is 1. The number of rotatable bonds is 5. The highest BCUT2D eigenvalue weighted by molar-refractivity contribution is 5.77. The zero-order valence-electron chi connectivity index (χ0n) is 11.3. The van der Waals surface area contributed by atoms with E-state index >= 15 is 0 Å².